The van der Waals surface area contributed by atoms with Crippen molar-refractivity contribution in [1.82, 2.24) is 0 Å². The van der Waals surface area contributed by atoms with Gasteiger partial charge in [0.05, 0.1) is 6.61 Å². The van der Waals surface area contributed by atoms with Gasteiger partial charge in [0.15, 0.2) is 6.29 Å². The molecular formula is C16H32O6. The highest BCUT2D eigenvalue weighted by Crippen LogP contribution is 2.22. The summed E-state index contributed by atoms with van der Waals surface area (Å²) in [6.45, 7) is 2.20. The number of rotatable bonds is 11. The summed E-state index contributed by atoms with van der Waals surface area (Å²) in [5.74, 6) is 0. The van der Waals surface area contributed by atoms with E-state index in [9.17, 15) is 15.3 Å². The fourth-order valence-corrected chi connectivity index (χ4v) is 2.64. The topological polar surface area (TPSA) is 99.4 Å². The quantitative estimate of drug-likeness (QED) is 0.423. The molecule has 0 aliphatic carbocycles. The highest BCUT2D eigenvalue weighted by molar-refractivity contribution is 4.88. The van der Waals surface area contributed by atoms with Crippen molar-refractivity contribution in [3.63, 3.8) is 0 Å². The van der Waals surface area contributed by atoms with Crippen LogP contribution in [0.15, 0.2) is 0 Å². The van der Waals surface area contributed by atoms with Crippen LogP contribution in [-0.4, -0.2) is 64.3 Å². The average Bonchev–Trinajstić information content (AvgIpc) is 2.53. The van der Waals surface area contributed by atoms with Gasteiger partial charge in [0.25, 0.3) is 0 Å². The van der Waals surface area contributed by atoms with E-state index in [1.807, 2.05) is 0 Å². The van der Waals surface area contributed by atoms with Crippen LogP contribution >= 0.6 is 0 Å². The standard InChI is InChI=1S/C16H32O6/c1-2-3-4-5-6-7-8-9-10-21-16-15(20)14(19)13(18)12(11-17)22-16/h12-20H,2-11H2,1H3/t12-,13-,14+,15-,16+/m1/s1. The van der Waals surface area contributed by atoms with Crippen LogP contribution < -0.4 is 0 Å². The van der Waals surface area contributed by atoms with E-state index < -0.39 is 37.3 Å². The lowest BCUT2D eigenvalue weighted by atomic mass is 9.99. The van der Waals surface area contributed by atoms with E-state index in [4.69, 9.17) is 14.6 Å². The van der Waals surface area contributed by atoms with Crippen LogP contribution in [0.3, 0.4) is 0 Å². The maximum atomic E-state index is 9.80. The van der Waals surface area contributed by atoms with Gasteiger partial charge in [0, 0.05) is 6.61 Å². The Labute approximate surface area is 133 Å². The van der Waals surface area contributed by atoms with Gasteiger partial charge in [-0.15, -0.1) is 0 Å². The molecule has 22 heavy (non-hydrogen) atoms. The predicted octanol–water partition coefficient (Wildman–Crippen LogP) is 0.944. The molecular weight excluding hydrogens is 288 g/mol. The molecule has 6 nitrogen and oxygen atoms in total. The van der Waals surface area contributed by atoms with Gasteiger partial charge in [-0.05, 0) is 6.42 Å². The van der Waals surface area contributed by atoms with E-state index in [1.165, 1.54) is 38.5 Å². The van der Waals surface area contributed by atoms with E-state index in [0.29, 0.717) is 6.61 Å². The molecule has 0 amide bonds. The predicted molar refractivity (Wildman–Crippen MR) is 82.3 cm³/mol. The van der Waals surface area contributed by atoms with Gasteiger partial charge in [-0.2, -0.15) is 0 Å². The number of aliphatic hydroxyl groups is 4. The van der Waals surface area contributed by atoms with Crippen molar-refractivity contribution in [3.8, 4) is 0 Å². The molecule has 1 saturated heterocycles. The minimum atomic E-state index is -1.37. The molecule has 4 N–H and O–H groups in total. The maximum Gasteiger partial charge on any atom is 0.186 e. The zero-order valence-corrected chi connectivity index (χ0v) is 13.6. The molecule has 1 aliphatic rings. The Morgan fingerprint density at radius 2 is 1.41 bits per heavy atom. The van der Waals surface area contributed by atoms with Gasteiger partial charge in [-0.1, -0.05) is 51.9 Å². The zero-order valence-electron chi connectivity index (χ0n) is 13.6. The average molecular weight is 320 g/mol. The number of hydrogen-bond donors (Lipinski definition) is 4. The smallest absolute Gasteiger partial charge is 0.186 e. The summed E-state index contributed by atoms with van der Waals surface area (Å²) in [5, 5.41) is 38.2. The third-order valence-corrected chi connectivity index (χ3v) is 4.13. The van der Waals surface area contributed by atoms with Crippen LogP contribution in [0.1, 0.15) is 58.3 Å². The lowest BCUT2D eigenvalue weighted by Gasteiger charge is -2.39. The molecule has 1 fully saturated rings. The minimum absolute atomic E-state index is 0.428. The van der Waals surface area contributed by atoms with Crippen molar-refractivity contribution in [2.45, 2.75) is 89.0 Å². The molecule has 0 saturated carbocycles. The number of aliphatic hydroxyl groups excluding tert-OH is 4. The van der Waals surface area contributed by atoms with Crippen molar-refractivity contribution in [2.24, 2.45) is 0 Å². The summed E-state index contributed by atoms with van der Waals surface area (Å²) in [5.41, 5.74) is 0. The van der Waals surface area contributed by atoms with E-state index in [-0.39, 0.29) is 0 Å². The van der Waals surface area contributed by atoms with Crippen molar-refractivity contribution in [3.05, 3.63) is 0 Å². The van der Waals surface area contributed by atoms with Gasteiger partial charge < -0.3 is 29.9 Å². The first-order chi connectivity index (χ1) is 10.6. The lowest BCUT2D eigenvalue weighted by molar-refractivity contribution is -0.301. The van der Waals surface area contributed by atoms with Crippen LogP contribution in [-0.2, 0) is 9.47 Å². The first-order valence-corrected chi connectivity index (χ1v) is 8.54. The highest BCUT2D eigenvalue weighted by atomic mass is 16.7. The summed E-state index contributed by atoms with van der Waals surface area (Å²) < 4.78 is 10.7. The van der Waals surface area contributed by atoms with E-state index in [0.717, 1.165) is 12.8 Å². The molecule has 6 heteroatoms. The first kappa shape index (κ1) is 19.8. The lowest BCUT2D eigenvalue weighted by Crippen LogP contribution is -2.59. The monoisotopic (exact) mass is 320 g/mol. The molecule has 0 spiro atoms. The fourth-order valence-electron chi connectivity index (χ4n) is 2.64. The van der Waals surface area contributed by atoms with Crippen LogP contribution in [0.4, 0.5) is 0 Å². The van der Waals surface area contributed by atoms with Crippen molar-refractivity contribution in [1.29, 1.82) is 0 Å². The summed E-state index contributed by atoms with van der Waals surface area (Å²) in [6.07, 6.45) is 3.58. The molecule has 0 unspecified atom stereocenters. The van der Waals surface area contributed by atoms with Crippen molar-refractivity contribution < 1.29 is 29.9 Å². The normalized spacial score (nSPS) is 32.3. The SMILES string of the molecule is CCCCCCCCCCO[C@H]1O[C@H](CO)[C@@H](O)[C@H](O)[C@H]1O. The summed E-state index contributed by atoms with van der Waals surface area (Å²) in [4.78, 5) is 0. The Morgan fingerprint density at radius 3 is 2.00 bits per heavy atom. The Bertz CT molecular complexity index is 273. The zero-order chi connectivity index (χ0) is 16.4. The molecule has 5 atom stereocenters. The van der Waals surface area contributed by atoms with Gasteiger partial charge in [-0.3, -0.25) is 0 Å². The first-order valence-electron chi connectivity index (χ1n) is 8.54. The fraction of sp³-hybridized carbons (Fsp3) is 1.00. The number of hydrogen-bond acceptors (Lipinski definition) is 6. The Hall–Kier alpha value is -0.240. The van der Waals surface area contributed by atoms with Crippen LogP contribution in [0.2, 0.25) is 0 Å². The third kappa shape index (κ3) is 6.48. The molecule has 0 radical (unpaired) electrons. The van der Waals surface area contributed by atoms with E-state index >= 15 is 0 Å². The van der Waals surface area contributed by atoms with Gasteiger partial charge in [0.1, 0.15) is 24.4 Å². The molecule has 0 aromatic heterocycles. The molecule has 1 aliphatic heterocycles. The molecule has 0 aromatic rings. The third-order valence-electron chi connectivity index (χ3n) is 4.13. The summed E-state index contributed by atoms with van der Waals surface area (Å²) in [7, 11) is 0. The molecule has 1 rings (SSSR count). The molecule has 0 bridgehead atoms. The van der Waals surface area contributed by atoms with Gasteiger partial charge in [-0.25, -0.2) is 0 Å². The van der Waals surface area contributed by atoms with Crippen LogP contribution in [0.25, 0.3) is 0 Å². The van der Waals surface area contributed by atoms with E-state index in [2.05, 4.69) is 6.92 Å². The molecule has 132 valence electrons. The Morgan fingerprint density at radius 1 is 0.818 bits per heavy atom. The largest absolute Gasteiger partial charge is 0.394 e. The molecule has 1 heterocycles. The Kier molecular flexibility index (Phi) is 10.2. The van der Waals surface area contributed by atoms with E-state index in [1.54, 1.807) is 0 Å². The summed E-state index contributed by atoms with van der Waals surface area (Å²) >= 11 is 0. The highest BCUT2D eigenvalue weighted by Gasteiger charge is 2.43. The second-order valence-electron chi connectivity index (χ2n) is 6.04. The second kappa shape index (κ2) is 11.3. The minimum Gasteiger partial charge on any atom is -0.394 e. The maximum absolute atomic E-state index is 9.80. The van der Waals surface area contributed by atoms with Gasteiger partial charge >= 0.3 is 0 Å². The summed E-state index contributed by atoms with van der Waals surface area (Å²) in [6, 6.07) is 0. The van der Waals surface area contributed by atoms with Gasteiger partial charge in [0.2, 0.25) is 0 Å². The number of ether oxygens (including phenoxy) is 2. The van der Waals surface area contributed by atoms with Crippen molar-refractivity contribution >= 4 is 0 Å². The number of unbranched alkanes of at least 4 members (excludes halogenated alkanes) is 7. The van der Waals surface area contributed by atoms with Crippen molar-refractivity contribution in [2.75, 3.05) is 13.2 Å². The Balaban J connectivity index is 2.11. The van der Waals surface area contributed by atoms with Crippen LogP contribution in [0, 0.1) is 0 Å². The molecule has 0 aromatic carbocycles. The van der Waals surface area contributed by atoms with Crippen LogP contribution in [0.5, 0.6) is 0 Å². The second-order valence-corrected chi connectivity index (χ2v) is 6.04.